The van der Waals surface area contributed by atoms with Crippen molar-refractivity contribution in [1.29, 1.82) is 0 Å². The average Bonchev–Trinajstić information content (AvgIpc) is 2.23. The third kappa shape index (κ3) is 8.19. The van der Waals surface area contributed by atoms with Crippen LogP contribution < -0.4 is 5.32 Å². The molecule has 0 rings (SSSR count). The van der Waals surface area contributed by atoms with E-state index in [1.807, 2.05) is 6.92 Å². The molecule has 1 amide bonds. The van der Waals surface area contributed by atoms with Crippen LogP contribution in [0.4, 0.5) is 0 Å². The van der Waals surface area contributed by atoms with Gasteiger partial charge in [0.05, 0.1) is 19.6 Å². The van der Waals surface area contributed by atoms with Crippen LogP contribution in [0.3, 0.4) is 0 Å². The fourth-order valence-electron chi connectivity index (χ4n) is 1.08. The molecule has 0 heterocycles. The zero-order valence-electron chi connectivity index (χ0n) is 9.69. The van der Waals surface area contributed by atoms with Gasteiger partial charge >= 0.3 is 5.97 Å². The van der Waals surface area contributed by atoms with E-state index in [0.29, 0.717) is 19.6 Å². The van der Waals surface area contributed by atoms with Gasteiger partial charge in [-0.1, -0.05) is 6.92 Å². The quantitative estimate of drug-likeness (QED) is 0.548. The maximum atomic E-state index is 11.3. The Labute approximate surface area is 94.9 Å². The first-order chi connectivity index (χ1) is 7.60. The van der Waals surface area contributed by atoms with Crippen molar-refractivity contribution in [1.82, 2.24) is 5.32 Å². The highest BCUT2D eigenvalue weighted by atomic mass is 16.5. The van der Waals surface area contributed by atoms with Crippen LogP contribution in [0.2, 0.25) is 0 Å². The molecule has 0 saturated carbocycles. The van der Waals surface area contributed by atoms with E-state index in [9.17, 15) is 9.59 Å². The SMILES string of the molecule is CCC(CC(=O)O)NC(=O)COCCOC. The van der Waals surface area contributed by atoms with Gasteiger partial charge in [0.2, 0.25) is 5.91 Å². The highest BCUT2D eigenvalue weighted by Crippen LogP contribution is 1.97. The molecule has 6 nitrogen and oxygen atoms in total. The number of nitrogens with one attached hydrogen (secondary N) is 1. The number of carboxylic acid groups (broad SMARTS) is 1. The first-order valence-electron chi connectivity index (χ1n) is 5.18. The molecule has 0 fully saturated rings. The van der Waals surface area contributed by atoms with Crippen molar-refractivity contribution >= 4 is 11.9 Å². The maximum absolute atomic E-state index is 11.3. The lowest BCUT2D eigenvalue weighted by Crippen LogP contribution is -2.38. The van der Waals surface area contributed by atoms with E-state index in [1.54, 1.807) is 7.11 Å². The second-order valence-electron chi connectivity index (χ2n) is 3.32. The number of hydrogen-bond donors (Lipinski definition) is 2. The Morgan fingerprint density at radius 2 is 2.06 bits per heavy atom. The van der Waals surface area contributed by atoms with Gasteiger partial charge in [-0.25, -0.2) is 0 Å². The molecule has 6 heteroatoms. The molecule has 0 aliphatic heterocycles. The Morgan fingerprint density at radius 1 is 1.38 bits per heavy atom. The van der Waals surface area contributed by atoms with Crippen LogP contribution in [0, 0.1) is 0 Å². The van der Waals surface area contributed by atoms with Crippen LogP contribution in [-0.2, 0) is 19.1 Å². The van der Waals surface area contributed by atoms with E-state index in [-0.39, 0.29) is 25.0 Å². The van der Waals surface area contributed by atoms with Gasteiger partial charge in [-0.05, 0) is 6.42 Å². The number of hydrogen-bond acceptors (Lipinski definition) is 4. The third-order valence-electron chi connectivity index (χ3n) is 1.94. The third-order valence-corrected chi connectivity index (χ3v) is 1.94. The van der Waals surface area contributed by atoms with Crippen molar-refractivity contribution in [3.05, 3.63) is 0 Å². The van der Waals surface area contributed by atoms with E-state index >= 15 is 0 Å². The molecular formula is C10H19NO5. The van der Waals surface area contributed by atoms with E-state index < -0.39 is 5.97 Å². The fourth-order valence-corrected chi connectivity index (χ4v) is 1.08. The summed E-state index contributed by atoms with van der Waals surface area (Å²) >= 11 is 0. The molecule has 0 aromatic heterocycles. The first-order valence-corrected chi connectivity index (χ1v) is 5.18. The lowest BCUT2D eigenvalue weighted by Gasteiger charge is -2.14. The zero-order chi connectivity index (χ0) is 12.4. The summed E-state index contributed by atoms with van der Waals surface area (Å²) in [5.74, 6) is -1.23. The summed E-state index contributed by atoms with van der Waals surface area (Å²) in [5, 5.41) is 11.2. The predicted octanol–water partition coefficient (Wildman–Crippen LogP) is 0.0189. The summed E-state index contributed by atoms with van der Waals surface area (Å²) in [6.07, 6.45) is 0.510. The molecule has 0 aliphatic carbocycles. The topological polar surface area (TPSA) is 84.9 Å². The summed E-state index contributed by atoms with van der Waals surface area (Å²) < 4.78 is 9.75. The van der Waals surface area contributed by atoms with Gasteiger partial charge in [-0.3, -0.25) is 9.59 Å². The van der Waals surface area contributed by atoms with Crippen LogP contribution in [-0.4, -0.2) is 50.0 Å². The molecule has 16 heavy (non-hydrogen) atoms. The summed E-state index contributed by atoms with van der Waals surface area (Å²) in [4.78, 5) is 21.7. The number of carboxylic acids is 1. The average molecular weight is 233 g/mol. The molecule has 1 atom stereocenters. The van der Waals surface area contributed by atoms with Crippen molar-refractivity contribution < 1.29 is 24.2 Å². The number of rotatable bonds is 9. The standard InChI is InChI=1S/C10H19NO5/c1-3-8(6-10(13)14)11-9(12)7-16-5-4-15-2/h8H,3-7H2,1-2H3,(H,11,12)(H,13,14). The van der Waals surface area contributed by atoms with Gasteiger partial charge in [0, 0.05) is 13.2 Å². The molecular weight excluding hydrogens is 214 g/mol. The molecule has 0 aromatic carbocycles. The summed E-state index contributed by atoms with van der Waals surface area (Å²) in [5.41, 5.74) is 0. The monoisotopic (exact) mass is 233 g/mol. The fraction of sp³-hybridized carbons (Fsp3) is 0.800. The molecule has 0 radical (unpaired) electrons. The number of aliphatic carboxylic acids is 1. The van der Waals surface area contributed by atoms with Crippen molar-refractivity contribution in [2.45, 2.75) is 25.8 Å². The minimum absolute atomic E-state index is 0.0691. The van der Waals surface area contributed by atoms with Crippen molar-refractivity contribution in [3.8, 4) is 0 Å². The van der Waals surface area contributed by atoms with Gasteiger partial charge in [-0.2, -0.15) is 0 Å². The summed E-state index contributed by atoms with van der Waals surface area (Å²) in [6, 6.07) is -0.337. The summed E-state index contributed by atoms with van der Waals surface area (Å²) in [7, 11) is 1.55. The maximum Gasteiger partial charge on any atom is 0.305 e. The highest BCUT2D eigenvalue weighted by molar-refractivity contribution is 5.78. The highest BCUT2D eigenvalue weighted by Gasteiger charge is 2.13. The zero-order valence-corrected chi connectivity index (χ0v) is 9.69. The van der Waals surface area contributed by atoms with E-state index in [1.165, 1.54) is 0 Å². The number of carbonyl (C=O) groups excluding carboxylic acids is 1. The number of ether oxygens (including phenoxy) is 2. The molecule has 0 spiro atoms. The Balaban J connectivity index is 3.70. The number of methoxy groups -OCH3 is 1. The Morgan fingerprint density at radius 3 is 2.56 bits per heavy atom. The van der Waals surface area contributed by atoms with Crippen LogP contribution >= 0.6 is 0 Å². The van der Waals surface area contributed by atoms with Gasteiger partial charge < -0.3 is 19.9 Å². The van der Waals surface area contributed by atoms with Crippen LogP contribution in [0.25, 0.3) is 0 Å². The normalized spacial score (nSPS) is 12.1. The lowest BCUT2D eigenvalue weighted by molar-refractivity contribution is -0.138. The molecule has 0 saturated heterocycles. The molecule has 1 unspecified atom stereocenters. The lowest BCUT2D eigenvalue weighted by atomic mass is 10.1. The Kier molecular flexibility index (Phi) is 8.46. The van der Waals surface area contributed by atoms with Gasteiger partial charge in [-0.15, -0.1) is 0 Å². The van der Waals surface area contributed by atoms with Crippen molar-refractivity contribution in [2.24, 2.45) is 0 Å². The van der Waals surface area contributed by atoms with Gasteiger partial charge in [0.1, 0.15) is 6.61 Å². The number of amides is 1. The van der Waals surface area contributed by atoms with Crippen LogP contribution in [0.1, 0.15) is 19.8 Å². The predicted molar refractivity (Wildman–Crippen MR) is 57.2 cm³/mol. The van der Waals surface area contributed by atoms with Crippen LogP contribution in [0.5, 0.6) is 0 Å². The molecule has 0 aromatic rings. The van der Waals surface area contributed by atoms with Gasteiger partial charge in [0.25, 0.3) is 0 Å². The van der Waals surface area contributed by atoms with E-state index in [4.69, 9.17) is 14.6 Å². The molecule has 94 valence electrons. The minimum Gasteiger partial charge on any atom is -0.481 e. The van der Waals surface area contributed by atoms with E-state index in [2.05, 4.69) is 5.32 Å². The second kappa shape index (κ2) is 9.11. The summed E-state index contributed by atoms with van der Waals surface area (Å²) in [6.45, 7) is 2.53. The molecule has 0 bridgehead atoms. The Bertz CT molecular complexity index is 219. The van der Waals surface area contributed by atoms with Crippen LogP contribution in [0.15, 0.2) is 0 Å². The second-order valence-corrected chi connectivity index (χ2v) is 3.32. The molecule has 2 N–H and O–H groups in total. The first kappa shape index (κ1) is 14.9. The van der Waals surface area contributed by atoms with E-state index in [0.717, 1.165) is 0 Å². The largest absolute Gasteiger partial charge is 0.481 e. The number of carbonyl (C=O) groups is 2. The van der Waals surface area contributed by atoms with Crippen molar-refractivity contribution in [3.63, 3.8) is 0 Å². The minimum atomic E-state index is -0.924. The van der Waals surface area contributed by atoms with Gasteiger partial charge in [0.15, 0.2) is 0 Å². The van der Waals surface area contributed by atoms with Crippen molar-refractivity contribution in [2.75, 3.05) is 26.9 Å². The smallest absolute Gasteiger partial charge is 0.305 e. The Hall–Kier alpha value is -1.14. The molecule has 0 aliphatic rings.